The van der Waals surface area contributed by atoms with E-state index in [9.17, 15) is 18.5 Å². The summed E-state index contributed by atoms with van der Waals surface area (Å²) in [5, 5.41) is 13.0. The van der Waals surface area contributed by atoms with E-state index < -0.39 is 15.8 Å². The van der Waals surface area contributed by atoms with Crippen molar-refractivity contribution >= 4 is 42.4 Å². The molecule has 0 aliphatic heterocycles. The van der Waals surface area contributed by atoms with E-state index in [2.05, 4.69) is 10.3 Å². The Bertz CT molecular complexity index is 1240. The zero-order valence-corrected chi connectivity index (χ0v) is 18.8. The maximum absolute atomic E-state index is 13.3. The quantitative estimate of drug-likeness (QED) is 0.574. The largest absolute Gasteiger partial charge is 0.301 e. The Hall–Kier alpha value is -2.76. The minimum atomic E-state index is -3.53. The van der Waals surface area contributed by atoms with E-state index in [4.69, 9.17) is 0 Å². The summed E-state index contributed by atoms with van der Waals surface area (Å²) < 4.78 is 25.0. The number of hydrogen-bond donors (Lipinski definition) is 1. The molecule has 1 saturated carbocycles. The zero-order valence-electron chi connectivity index (χ0n) is 17.2. The van der Waals surface area contributed by atoms with Gasteiger partial charge >= 0.3 is 0 Å². The average molecular weight is 454 g/mol. The number of nitriles is 1. The summed E-state index contributed by atoms with van der Waals surface area (Å²) in [6, 6.07) is 14.3. The SMILES string of the molecule is CS(=O)(=O)c1ccc(C(CC2CCCC2)C(=O)Nc2nc3ccccc3s2)cc1C#N. The highest BCUT2D eigenvalue weighted by Gasteiger charge is 2.28. The van der Waals surface area contributed by atoms with Crippen LogP contribution < -0.4 is 5.32 Å². The molecule has 2 aromatic carbocycles. The second kappa shape index (κ2) is 8.77. The van der Waals surface area contributed by atoms with E-state index in [1.807, 2.05) is 30.3 Å². The summed E-state index contributed by atoms with van der Waals surface area (Å²) in [6.45, 7) is 0. The van der Waals surface area contributed by atoms with Crippen molar-refractivity contribution in [2.24, 2.45) is 5.92 Å². The molecule has 1 N–H and O–H groups in total. The van der Waals surface area contributed by atoms with Crippen LogP contribution in [0.15, 0.2) is 47.4 Å². The van der Waals surface area contributed by atoms with Crippen LogP contribution >= 0.6 is 11.3 Å². The number of nitrogens with zero attached hydrogens (tertiary/aromatic N) is 2. The number of thiazole rings is 1. The fourth-order valence-electron chi connectivity index (χ4n) is 4.27. The maximum atomic E-state index is 13.3. The predicted octanol–water partition coefficient (Wildman–Crippen LogP) is 4.87. The lowest BCUT2D eigenvalue weighted by Crippen LogP contribution is -2.23. The Morgan fingerprint density at radius 3 is 2.68 bits per heavy atom. The minimum absolute atomic E-state index is 0.00931. The molecule has 1 aromatic heterocycles. The van der Waals surface area contributed by atoms with E-state index in [0.717, 1.165) is 42.2 Å². The molecule has 1 atom stereocenters. The molecule has 0 radical (unpaired) electrons. The van der Waals surface area contributed by atoms with Gasteiger partial charge in [-0.3, -0.25) is 4.79 Å². The number of carbonyl (C=O) groups excluding carboxylic acids is 1. The lowest BCUT2D eigenvalue weighted by Gasteiger charge is -2.20. The van der Waals surface area contributed by atoms with Gasteiger partial charge in [-0.05, 0) is 42.2 Å². The third-order valence-electron chi connectivity index (χ3n) is 5.81. The number of amides is 1. The van der Waals surface area contributed by atoms with Crippen LogP contribution in [0.3, 0.4) is 0 Å². The number of para-hydroxylation sites is 1. The number of sulfone groups is 1. The molecular weight excluding hydrogens is 430 g/mol. The predicted molar refractivity (Wildman–Crippen MR) is 122 cm³/mol. The van der Waals surface area contributed by atoms with Crippen molar-refractivity contribution < 1.29 is 13.2 Å². The van der Waals surface area contributed by atoms with Gasteiger partial charge in [0.05, 0.1) is 26.6 Å². The molecule has 6 nitrogen and oxygen atoms in total. The highest BCUT2D eigenvalue weighted by Crippen LogP contribution is 2.36. The van der Waals surface area contributed by atoms with Crippen LogP contribution in [-0.2, 0) is 14.6 Å². The highest BCUT2D eigenvalue weighted by atomic mass is 32.2. The van der Waals surface area contributed by atoms with Gasteiger partial charge in [0.2, 0.25) is 5.91 Å². The number of anilines is 1. The van der Waals surface area contributed by atoms with Gasteiger partial charge in [-0.25, -0.2) is 13.4 Å². The maximum Gasteiger partial charge on any atom is 0.233 e. The van der Waals surface area contributed by atoms with Crippen LogP contribution in [0.25, 0.3) is 10.2 Å². The van der Waals surface area contributed by atoms with Crippen molar-refractivity contribution in [1.29, 1.82) is 5.26 Å². The summed E-state index contributed by atoms with van der Waals surface area (Å²) >= 11 is 1.42. The Labute approximate surface area is 185 Å². The van der Waals surface area contributed by atoms with Gasteiger partial charge in [-0.1, -0.05) is 55.2 Å². The Morgan fingerprint density at radius 1 is 1.26 bits per heavy atom. The molecule has 1 amide bonds. The van der Waals surface area contributed by atoms with Gasteiger partial charge in [0.25, 0.3) is 0 Å². The summed E-state index contributed by atoms with van der Waals surface area (Å²) in [4.78, 5) is 17.8. The Morgan fingerprint density at radius 2 is 2.00 bits per heavy atom. The fraction of sp³-hybridized carbons (Fsp3) is 0.348. The highest BCUT2D eigenvalue weighted by molar-refractivity contribution is 7.90. The molecule has 0 bridgehead atoms. The molecule has 1 unspecified atom stereocenters. The van der Waals surface area contributed by atoms with Gasteiger partial charge in [-0.15, -0.1) is 0 Å². The van der Waals surface area contributed by atoms with Gasteiger partial charge in [0.1, 0.15) is 6.07 Å². The first kappa shape index (κ1) is 21.5. The number of benzene rings is 2. The van der Waals surface area contributed by atoms with E-state index in [1.165, 1.54) is 17.4 Å². The van der Waals surface area contributed by atoms with Crippen molar-refractivity contribution in [3.8, 4) is 6.07 Å². The molecule has 3 aromatic rings. The number of hydrogen-bond acceptors (Lipinski definition) is 6. The first-order valence-corrected chi connectivity index (χ1v) is 13.0. The van der Waals surface area contributed by atoms with Crippen LogP contribution in [0.1, 0.15) is 49.1 Å². The minimum Gasteiger partial charge on any atom is -0.301 e. The third kappa shape index (κ3) is 4.78. The molecule has 8 heteroatoms. The van der Waals surface area contributed by atoms with Gasteiger partial charge < -0.3 is 5.32 Å². The number of carbonyl (C=O) groups is 1. The lowest BCUT2D eigenvalue weighted by molar-refractivity contribution is -0.118. The molecule has 1 heterocycles. The molecule has 1 fully saturated rings. The molecule has 0 spiro atoms. The first-order valence-electron chi connectivity index (χ1n) is 10.3. The van der Waals surface area contributed by atoms with Crippen LogP contribution in [0, 0.1) is 17.2 Å². The van der Waals surface area contributed by atoms with Crippen molar-refractivity contribution in [3.05, 3.63) is 53.6 Å². The second-order valence-electron chi connectivity index (χ2n) is 8.05. The first-order chi connectivity index (χ1) is 14.8. The Kier molecular flexibility index (Phi) is 6.08. The molecule has 160 valence electrons. The number of rotatable bonds is 6. The van der Waals surface area contributed by atoms with Crippen molar-refractivity contribution in [2.75, 3.05) is 11.6 Å². The summed E-state index contributed by atoms with van der Waals surface area (Å²) in [5.74, 6) is -0.219. The standard InChI is InChI=1S/C23H23N3O3S2/c1-31(28,29)21-11-10-16(13-17(21)14-24)18(12-15-6-2-3-7-15)22(27)26-23-25-19-8-4-5-9-20(19)30-23/h4-5,8-11,13,15,18H,2-3,6-7,12H2,1H3,(H,25,26,27). The monoisotopic (exact) mass is 453 g/mol. The summed E-state index contributed by atoms with van der Waals surface area (Å²) in [7, 11) is -3.53. The van der Waals surface area contributed by atoms with Crippen molar-refractivity contribution in [3.63, 3.8) is 0 Å². The zero-order chi connectivity index (χ0) is 22.0. The van der Waals surface area contributed by atoms with E-state index >= 15 is 0 Å². The van der Waals surface area contributed by atoms with Crippen molar-refractivity contribution in [2.45, 2.75) is 42.9 Å². The van der Waals surface area contributed by atoms with Crippen molar-refractivity contribution in [1.82, 2.24) is 4.98 Å². The topological polar surface area (TPSA) is 99.9 Å². The summed E-state index contributed by atoms with van der Waals surface area (Å²) in [6.07, 6.45) is 6.23. The summed E-state index contributed by atoms with van der Waals surface area (Å²) in [5.41, 5.74) is 1.57. The molecule has 0 saturated heterocycles. The van der Waals surface area contributed by atoms with Crippen LogP contribution in [0.4, 0.5) is 5.13 Å². The van der Waals surface area contributed by atoms with Crippen LogP contribution in [-0.4, -0.2) is 25.6 Å². The van der Waals surface area contributed by atoms with Crippen LogP contribution in [0.2, 0.25) is 0 Å². The third-order valence-corrected chi connectivity index (χ3v) is 7.92. The fourth-order valence-corrected chi connectivity index (χ4v) is 5.96. The molecule has 1 aliphatic carbocycles. The number of fused-ring (bicyclic) bond motifs is 1. The molecular formula is C23H23N3O3S2. The van der Waals surface area contributed by atoms with E-state index in [0.29, 0.717) is 23.0 Å². The smallest absolute Gasteiger partial charge is 0.233 e. The normalized spacial score (nSPS) is 15.6. The molecule has 1 aliphatic rings. The van der Waals surface area contributed by atoms with E-state index in [1.54, 1.807) is 12.1 Å². The number of nitrogens with one attached hydrogen (secondary N) is 1. The van der Waals surface area contributed by atoms with E-state index in [-0.39, 0.29) is 16.4 Å². The lowest BCUT2D eigenvalue weighted by atomic mass is 9.86. The van der Waals surface area contributed by atoms with Gasteiger partial charge in [0.15, 0.2) is 15.0 Å². The number of aromatic nitrogens is 1. The van der Waals surface area contributed by atoms with Gasteiger partial charge in [-0.2, -0.15) is 5.26 Å². The average Bonchev–Trinajstić information content (AvgIpc) is 3.39. The molecule has 31 heavy (non-hydrogen) atoms. The Balaban J connectivity index is 1.66. The van der Waals surface area contributed by atoms with Gasteiger partial charge in [0, 0.05) is 6.26 Å². The van der Waals surface area contributed by atoms with Crippen LogP contribution in [0.5, 0.6) is 0 Å². The molecule has 4 rings (SSSR count). The second-order valence-corrected chi connectivity index (χ2v) is 11.1.